The van der Waals surface area contributed by atoms with E-state index in [1.807, 2.05) is 37.3 Å². The standard InChI is InChI=1S/C21H18FN5O/c1-14-25-19(11-13-24-21(28)16-7-9-17(22)10-8-16)27(26-14)18-6-2-4-15-5-3-12-23-20(15)18/h2-10,12H,11,13H2,1H3,(H,24,28). The summed E-state index contributed by atoms with van der Waals surface area (Å²) in [6, 6.07) is 15.2. The summed E-state index contributed by atoms with van der Waals surface area (Å²) in [4.78, 5) is 21.2. The normalized spacial score (nSPS) is 10.9. The molecule has 6 nitrogen and oxygen atoms in total. The maximum atomic E-state index is 13.0. The van der Waals surface area contributed by atoms with Crippen molar-refractivity contribution in [3.05, 3.63) is 83.8 Å². The fraction of sp³-hybridized carbons (Fsp3) is 0.143. The molecule has 0 saturated heterocycles. The molecule has 140 valence electrons. The molecule has 2 aromatic carbocycles. The molecule has 0 radical (unpaired) electrons. The molecule has 2 aromatic heterocycles. The number of benzene rings is 2. The van der Waals surface area contributed by atoms with E-state index in [1.54, 1.807) is 10.9 Å². The minimum absolute atomic E-state index is 0.255. The molecular weight excluding hydrogens is 357 g/mol. The molecule has 0 aliphatic heterocycles. The number of amides is 1. The lowest BCUT2D eigenvalue weighted by Crippen LogP contribution is -2.26. The molecule has 1 N–H and O–H groups in total. The number of halogens is 1. The van der Waals surface area contributed by atoms with Crippen molar-refractivity contribution >= 4 is 16.8 Å². The summed E-state index contributed by atoms with van der Waals surface area (Å²) in [6.45, 7) is 2.21. The van der Waals surface area contributed by atoms with Crippen molar-refractivity contribution in [2.24, 2.45) is 0 Å². The van der Waals surface area contributed by atoms with Crippen molar-refractivity contribution in [3.8, 4) is 5.69 Å². The Hall–Kier alpha value is -3.61. The summed E-state index contributed by atoms with van der Waals surface area (Å²) in [5.74, 6) is 0.751. The third kappa shape index (κ3) is 3.59. The second-order valence-corrected chi connectivity index (χ2v) is 6.35. The third-order valence-corrected chi connectivity index (χ3v) is 4.36. The van der Waals surface area contributed by atoms with Crippen LogP contribution in [-0.4, -0.2) is 32.2 Å². The van der Waals surface area contributed by atoms with Gasteiger partial charge in [-0.25, -0.2) is 14.1 Å². The maximum Gasteiger partial charge on any atom is 0.251 e. The number of nitrogens with one attached hydrogen (secondary N) is 1. The number of rotatable bonds is 5. The fourth-order valence-electron chi connectivity index (χ4n) is 3.06. The fourth-order valence-corrected chi connectivity index (χ4v) is 3.06. The Labute approximate surface area is 161 Å². The zero-order chi connectivity index (χ0) is 19.5. The molecule has 4 aromatic rings. The molecule has 2 heterocycles. The molecule has 0 fully saturated rings. The molecule has 1 amide bonds. The van der Waals surface area contributed by atoms with E-state index in [0.717, 1.165) is 22.4 Å². The van der Waals surface area contributed by atoms with Crippen LogP contribution in [0.4, 0.5) is 4.39 Å². The van der Waals surface area contributed by atoms with Gasteiger partial charge >= 0.3 is 0 Å². The minimum atomic E-state index is -0.371. The maximum absolute atomic E-state index is 13.0. The molecular formula is C21H18FN5O. The summed E-state index contributed by atoms with van der Waals surface area (Å²) in [6.07, 6.45) is 2.25. The van der Waals surface area contributed by atoms with Gasteiger partial charge in [0.25, 0.3) is 5.91 Å². The van der Waals surface area contributed by atoms with Crippen molar-refractivity contribution < 1.29 is 9.18 Å². The number of carbonyl (C=O) groups is 1. The first kappa shape index (κ1) is 17.8. The predicted octanol–water partition coefficient (Wildman–Crippen LogP) is 3.24. The second-order valence-electron chi connectivity index (χ2n) is 6.35. The van der Waals surface area contributed by atoms with Crippen molar-refractivity contribution in [3.63, 3.8) is 0 Å². The van der Waals surface area contributed by atoms with Crippen molar-refractivity contribution in [2.75, 3.05) is 6.54 Å². The molecule has 0 aliphatic carbocycles. The molecule has 0 saturated carbocycles. The van der Waals surface area contributed by atoms with E-state index < -0.39 is 0 Å². The highest BCUT2D eigenvalue weighted by molar-refractivity contribution is 5.94. The quantitative estimate of drug-likeness (QED) is 0.581. The van der Waals surface area contributed by atoms with Gasteiger partial charge in [-0.1, -0.05) is 18.2 Å². The smallest absolute Gasteiger partial charge is 0.251 e. The Balaban J connectivity index is 1.53. The summed E-state index contributed by atoms with van der Waals surface area (Å²) in [5, 5.41) is 8.36. The van der Waals surface area contributed by atoms with Gasteiger partial charge in [-0.3, -0.25) is 9.78 Å². The van der Waals surface area contributed by atoms with Crippen molar-refractivity contribution in [2.45, 2.75) is 13.3 Å². The SMILES string of the molecule is Cc1nc(CCNC(=O)c2ccc(F)cc2)n(-c2cccc3cccnc23)n1. The number of nitrogens with zero attached hydrogens (tertiary/aromatic N) is 4. The van der Waals surface area contributed by atoms with E-state index in [-0.39, 0.29) is 11.7 Å². The van der Waals surface area contributed by atoms with Crippen LogP contribution in [0.15, 0.2) is 60.8 Å². The van der Waals surface area contributed by atoms with Crippen LogP contribution in [0.2, 0.25) is 0 Å². The largest absolute Gasteiger partial charge is 0.352 e. The van der Waals surface area contributed by atoms with Gasteiger partial charge in [-0.2, -0.15) is 5.10 Å². The Bertz CT molecular complexity index is 1130. The van der Waals surface area contributed by atoms with Gasteiger partial charge in [0.05, 0.1) is 11.2 Å². The summed E-state index contributed by atoms with van der Waals surface area (Å²) < 4.78 is 14.8. The topological polar surface area (TPSA) is 72.7 Å². The zero-order valence-electron chi connectivity index (χ0n) is 15.3. The van der Waals surface area contributed by atoms with Gasteiger partial charge in [-0.15, -0.1) is 0 Å². The van der Waals surface area contributed by atoms with Crippen LogP contribution in [0, 0.1) is 12.7 Å². The first-order chi connectivity index (χ1) is 13.6. The average molecular weight is 375 g/mol. The highest BCUT2D eigenvalue weighted by atomic mass is 19.1. The lowest BCUT2D eigenvalue weighted by Gasteiger charge is -2.09. The number of fused-ring (bicyclic) bond motifs is 1. The van der Waals surface area contributed by atoms with Gasteiger partial charge in [0, 0.05) is 30.1 Å². The van der Waals surface area contributed by atoms with Crippen LogP contribution in [0.25, 0.3) is 16.6 Å². The summed E-state index contributed by atoms with van der Waals surface area (Å²) in [7, 11) is 0. The first-order valence-electron chi connectivity index (χ1n) is 8.92. The number of aromatic nitrogens is 4. The molecule has 0 bridgehead atoms. The second kappa shape index (κ2) is 7.56. The lowest BCUT2D eigenvalue weighted by atomic mass is 10.2. The van der Waals surface area contributed by atoms with Crippen LogP contribution in [0.1, 0.15) is 22.0 Å². The summed E-state index contributed by atoms with van der Waals surface area (Å²) >= 11 is 0. The summed E-state index contributed by atoms with van der Waals surface area (Å²) in [5.41, 5.74) is 2.10. The third-order valence-electron chi connectivity index (χ3n) is 4.36. The molecule has 4 rings (SSSR count). The number of pyridine rings is 1. The molecule has 28 heavy (non-hydrogen) atoms. The van der Waals surface area contributed by atoms with Gasteiger partial charge < -0.3 is 5.32 Å². The van der Waals surface area contributed by atoms with Crippen molar-refractivity contribution in [1.29, 1.82) is 0 Å². The minimum Gasteiger partial charge on any atom is -0.352 e. The average Bonchev–Trinajstić information content (AvgIpc) is 3.08. The van der Waals surface area contributed by atoms with Crippen LogP contribution in [0.5, 0.6) is 0 Å². The van der Waals surface area contributed by atoms with E-state index in [2.05, 4.69) is 20.4 Å². The van der Waals surface area contributed by atoms with Gasteiger partial charge in [0.1, 0.15) is 17.5 Å². The number of hydrogen-bond donors (Lipinski definition) is 1. The lowest BCUT2D eigenvalue weighted by molar-refractivity contribution is 0.0954. The monoisotopic (exact) mass is 375 g/mol. The predicted molar refractivity (Wildman–Crippen MR) is 104 cm³/mol. The van der Waals surface area contributed by atoms with Crippen LogP contribution in [0.3, 0.4) is 0 Å². The van der Waals surface area contributed by atoms with E-state index >= 15 is 0 Å². The Morgan fingerprint density at radius 3 is 2.71 bits per heavy atom. The Morgan fingerprint density at radius 1 is 1.11 bits per heavy atom. The van der Waals surface area contributed by atoms with Crippen molar-refractivity contribution in [1.82, 2.24) is 25.1 Å². The molecule has 0 atom stereocenters. The van der Waals surface area contributed by atoms with Gasteiger partial charge in [-0.05, 0) is 43.3 Å². The van der Waals surface area contributed by atoms with E-state index in [0.29, 0.717) is 24.4 Å². The van der Waals surface area contributed by atoms with Crippen LogP contribution < -0.4 is 5.32 Å². The number of para-hydroxylation sites is 1. The highest BCUT2D eigenvalue weighted by Crippen LogP contribution is 2.20. The first-order valence-corrected chi connectivity index (χ1v) is 8.92. The molecule has 7 heteroatoms. The highest BCUT2D eigenvalue weighted by Gasteiger charge is 2.13. The molecule has 0 unspecified atom stereocenters. The number of carbonyl (C=O) groups excluding carboxylic acids is 1. The number of hydrogen-bond acceptors (Lipinski definition) is 4. The van der Waals surface area contributed by atoms with E-state index in [1.165, 1.54) is 24.3 Å². The molecule has 0 aliphatic rings. The number of aryl methyl sites for hydroxylation is 1. The van der Waals surface area contributed by atoms with E-state index in [9.17, 15) is 9.18 Å². The Kier molecular flexibility index (Phi) is 4.80. The van der Waals surface area contributed by atoms with E-state index in [4.69, 9.17) is 0 Å². The van der Waals surface area contributed by atoms with Crippen LogP contribution >= 0.6 is 0 Å². The Morgan fingerprint density at radius 2 is 1.89 bits per heavy atom. The molecule has 0 spiro atoms. The van der Waals surface area contributed by atoms with Crippen LogP contribution in [-0.2, 0) is 6.42 Å². The van der Waals surface area contributed by atoms with Gasteiger partial charge in [0.15, 0.2) is 0 Å². The van der Waals surface area contributed by atoms with Gasteiger partial charge in [0.2, 0.25) is 0 Å². The zero-order valence-corrected chi connectivity index (χ0v) is 15.3.